The van der Waals surface area contributed by atoms with Gasteiger partial charge in [0.1, 0.15) is 0 Å². The minimum atomic E-state index is -0.523. The molecule has 8 aromatic rings. The van der Waals surface area contributed by atoms with E-state index < -0.39 is 5.41 Å². The Morgan fingerprint density at radius 2 is 0.982 bits per heavy atom. The highest BCUT2D eigenvalue weighted by Gasteiger charge is 2.47. The fourth-order valence-corrected chi connectivity index (χ4v) is 10.0. The monoisotopic (exact) mass is 721 g/mol. The normalized spacial score (nSPS) is 15.8. The van der Waals surface area contributed by atoms with Crippen LogP contribution in [-0.2, 0) is 16.2 Å². The third-order valence-corrected chi connectivity index (χ3v) is 13.0. The van der Waals surface area contributed by atoms with Crippen LogP contribution in [0.4, 0.5) is 17.1 Å². The molecule has 0 saturated carbocycles. The lowest BCUT2D eigenvalue weighted by Gasteiger charge is -2.42. The van der Waals surface area contributed by atoms with Crippen molar-refractivity contribution in [1.29, 1.82) is 0 Å². The summed E-state index contributed by atoms with van der Waals surface area (Å²) in [5.74, 6) is 0. The van der Waals surface area contributed by atoms with Crippen molar-refractivity contribution in [3.05, 3.63) is 221 Å². The predicted molar refractivity (Wildman–Crippen MR) is 237 cm³/mol. The van der Waals surface area contributed by atoms with Gasteiger partial charge in [0.25, 0.3) is 0 Å². The Labute approximate surface area is 331 Å². The zero-order chi connectivity index (χ0) is 38.1. The maximum absolute atomic E-state index is 2.55. The van der Waals surface area contributed by atoms with Crippen molar-refractivity contribution in [2.45, 2.75) is 56.8 Å². The first-order valence-corrected chi connectivity index (χ1v) is 20.2. The maximum atomic E-state index is 2.55. The van der Waals surface area contributed by atoms with Crippen LogP contribution in [0.1, 0.15) is 73.9 Å². The van der Waals surface area contributed by atoms with E-state index in [1.54, 1.807) is 0 Å². The molecule has 2 aliphatic rings. The summed E-state index contributed by atoms with van der Waals surface area (Å²) in [5, 5.41) is 2.45. The summed E-state index contributed by atoms with van der Waals surface area (Å²) in [5.41, 5.74) is 16.3. The quantitative estimate of drug-likeness (QED) is 0.165. The van der Waals surface area contributed by atoms with Crippen LogP contribution in [0.2, 0.25) is 0 Å². The van der Waals surface area contributed by atoms with Gasteiger partial charge >= 0.3 is 0 Å². The van der Waals surface area contributed by atoms with E-state index in [4.69, 9.17) is 0 Å². The van der Waals surface area contributed by atoms with Gasteiger partial charge in [-0.2, -0.15) is 0 Å². The minimum Gasteiger partial charge on any atom is -0.309 e. The highest BCUT2D eigenvalue weighted by atomic mass is 15.1. The molecule has 0 radical (unpaired) electrons. The smallest absolute Gasteiger partial charge is 0.0714 e. The fraction of sp³-hybridized carbons (Fsp3) is 0.164. The van der Waals surface area contributed by atoms with Gasteiger partial charge in [0.05, 0.1) is 16.8 Å². The third-order valence-electron chi connectivity index (χ3n) is 13.0. The van der Waals surface area contributed by atoms with Gasteiger partial charge in [0.2, 0.25) is 0 Å². The van der Waals surface area contributed by atoms with Crippen molar-refractivity contribution in [3.63, 3.8) is 0 Å². The average molecular weight is 722 g/mol. The lowest BCUT2D eigenvalue weighted by Crippen LogP contribution is -2.33. The number of nitrogens with zero attached hydrogens (tertiary/aromatic N) is 1. The highest BCUT2D eigenvalue weighted by molar-refractivity contribution is 6.03. The first-order valence-electron chi connectivity index (χ1n) is 20.2. The number of para-hydroxylation sites is 1. The molecule has 0 spiro atoms. The summed E-state index contributed by atoms with van der Waals surface area (Å²) in [6.45, 7) is 9.71. The topological polar surface area (TPSA) is 3.24 Å². The van der Waals surface area contributed by atoms with Crippen molar-refractivity contribution in [2.24, 2.45) is 0 Å². The lowest BCUT2D eigenvalue weighted by atomic mass is 9.63. The summed E-state index contributed by atoms with van der Waals surface area (Å²) in [6.07, 6.45) is 2.36. The Kier molecular flexibility index (Phi) is 7.94. The second-order valence-electron chi connectivity index (χ2n) is 17.1. The molecule has 56 heavy (non-hydrogen) atoms. The van der Waals surface area contributed by atoms with Crippen LogP contribution >= 0.6 is 0 Å². The molecule has 0 saturated heterocycles. The number of rotatable bonds is 6. The zero-order valence-corrected chi connectivity index (χ0v) is 32.8. The predicted octanol–water partition coefficient (Wildman–Crippen LogP) is 14.7. The molecule has 272 valence electrons. The van der Waals surface area contributed by atoms with E-state index in [1.807, 2.05) is 0 Å². The fourth-order valence-electron chi connectivity index (χ4n) is 10.0. The summed E-state index contributed by atoms with van der Waals surface area (Å²) < 4.78 is 0. The first-order chi connectivity index (χ1) is 27.3. The lowest BCUT2D eigenvalue weighted by molar-refractivity contribution is 0.332. The van der Waals surface area contributed by atoms with E-state index in [9.17, 15) is 0 Å². The van der Waals surface area contributed by atoms with Crippen LogP contribution in [0.15, 0.2) is 188 Å². The number of hydrogen-bond acceptors (Lipinski definition) is 1. The van der Waals surface area contributed by atoms with E-state index in [1.165, 1.54) is 84.9 Å². The molecule has 0 N–H and O–H groups in total. The molecule has 0 amide bonds. The largest absolute Gasteiger partial charge is 0.309 e. The highest BCUT2D eigenvalue weighted by Crippen LogP contribution is 2.59. The van der Waals surface area contributed by atoms with E-state index in [-0.39, 0.29) is 10.8 Å². The van der Waals surface area contributed by atoms with Crippen LogP contribution in [-0.4, -0.2) is 0 Å². The van der Waals surface area contributed by atoms with E-state index in [2.05, 4.69) is 221 Å². The molecule has 0 heterocycles. The summed E-state index contributed by atoms with van der Waals surface area (Å²) in [4.78, 5) is 2.52. The van der Waals surface area contributed by atoms with Crippen molar-refractivity contribution in [1.82, 2.24) is 0 Å². The van der Waals surface area contributed by atoms with Gasteiger partial charge < -0.3 is 4.90 Å². The van der Waals surface area contributed by atoms with Crippen LogP contribution in [0.25, 0.3) is 33.0 Å². The van der Waals surface area contributed by atoms with Crippen LogP contribution < -0.4 is 4.90 Å². The van der Waals surface area contributed by atoms with E-state index in [0.717, 1.165) is 11.4 Å². The summed E-state index contributed by atoms with van der Waals surface area (Å²) in [6, 6.07) is 70.4. The summed E-state index contributed by atoms with van der Waals surface area (Å²) in [7, 11) is 0. The van der Waals surface area contributed by atoms with Gasteiger partial charge in [-0.15, -0.1) is 0 Å². The van der Waals surface area contributed by atoms with Gasteiger partial charge in [0.15, 0.2) is 0 Å². The van der Waals surface area contributed by atoms with Crippen LogP contribution in [0, 0.1) is 0 Å². The van der Waals surface area contributed by atoms with Crippen LogP contribution in [0.5, 0.6) is 0 Å². The van der Waals surface area contributed by atoms with Gasteiger partial charge in [-0.25, -0.2) is 0 Å². The number of hydrogen-bond donors (Lipinski definition) is 0. The van der Waals surface area contributed by atoms with Gasteiger partial charge in [-0.1, -0.05) is 185 Å². The Bertz CT molecular complexity index is 2700. The third kappa shape index (κ3) is 5.21. The summed E-state index contributed by atoms with van der Waals surface area (Å²) >= 11 is 0. The second kappa shape index (κ2) is 13.0. The van der Waals surface area contributed by atoms with Gasteiger partial charge in [-0.05, 0) is 109 Å². The molecule has 8 aromatic carbocycles. The van der Waals surface area contributed by atoms with Crippen molar-refractivity contribution in [3.8, 4) is 22.3 Å². The minimum absolute atomic E-state index is 0.0783. The van der Waals surface area contributed by atoms with Crippen molar-refractivity contribution in [2.75, 3.05) is 4.90 Å². The first kappa shape index (κ1) is 34.3. The SMILES string of the molecule is CC1(C)CCC(C)(C)c2cc(-c3cc4c(cc3N(c3ccccc3)c3cccc5ccccc35)C(c3ccccc3)(c3ccccc3)c3ccccc3-4)ccc21. The molecule has 2 aliphatic carbocycles. The molecule has 0 bridgehead atoms. The van der Waals surface area contributed by atoms with Crippen molar-refractivity contribution < 1.29 is 0 Å². The Balaban J connectivity index is 1.36. The van der Waals surface area contributed by atoms with E-state index >= 15 is 0 Å². The second-order valence-corrected chi connectivity index (χ2v) is 17.1. The Morgan fingerprint density at radius 1 is 0.393 bits per heavy atom. The molecule has 0 atom stereocenters. The standard InChI is InChI=1S/C55H47N/c1-53(2)33-34-54(3,4)50-35-39(31-32-48(50)53)45-36-46-44-28-16-17-29-47(44)55(40-21-8-5-9-22-40,41-23-10-6-11-24-41)49(46)37-52(45)56(42-25-12-7-13-26-42)51-30-18-20-38-19-14-15-27-43(38)51/h5-32,35-37H,33-34H2,1-4H3. The zero-order valence-electron chi connectivity index (χ0n) is 32.8. The molecular weight excluding hydrogens is 675 g/mol. The molecule has 0 aromatic heterocycles. The van der Waals surface area contributed by atoms with Gasteiger partial charge in [-0.3, -0.25) is 0 Å². The van der Waals surface area contributed by atoms with Gasteiger partial charge in [0, 0.05) is 16.6 Å². The molecular formula is C55H47N. The number of anilines is 3. The van der Waals surface area contributed by atoms with Crippen LogP contribution in [0.3, 0.4) is 0 Å². The molecule has 0 aliphatic heterocycles. The van der Waals surface area contributed by atoms with Crippen molar-refractivity contribution >= 4 is 27.8 Å². The average Bonchev–Trinajstić information content (AvgIpc) is 3.53. The molecule has 10 rings (SSSR count). The van der Waals surface area contributed by atoms with E-state index in [0.29, 0.717) is 0 Å². The number of fused-ring (bicyclic) bond motifs is 5. The Hall–Kier alpha value is -6.18. The molecule has 1 nitrogen and oxygen atoms in total. The molecule has 1 heteroatoms. The molecule has 0 fully saturated rings. The Morgan fingerprint density at radius 3 is 1.70 bits per heavy atom. The number of benzene rings is 8. The molecule has 0 unspecified atom stereocenters. The maximum Gasteiger partial charge on any atom is 0.0714 e.